The van der Waals surface area contributed by atoms with E-state index in [0.29, 0.717) is 0 Å². The third kappa shape index (κ3) is 14.6. The zero-order chi connectivity index (χ0) is 14.1. The SMILES string of the molecule is [Ba+2].c1c[n-]cn1.c1c[nH+]c[n-]1.c1c[nH+]c[nH]1.c1c[nH]cn1. The van der Waals surface area contributed by atoms with E-state index in [4.69, 9.17) is 0 Å². The van der Waals surface area contributed by atoms with Crippen LogP contribution in [0, 0.1) is 0 Å². The van der Waals surface area contributed by atoms with Crippen LogP contribution in [0.25, 0.3) is 0 Å². The second-order valence-electron chi connectivity index (χ2n) is 3.04. The molecule has 0 atom stereocenters. The molecule has 0 bridgehead atoms. The molecule has 0 fully saturated rings. The Morgan fingerprint density at radius 3 is 2.00 bits per heavy atom. The molecule has 9 heteroatoms. The maximum Gasteiger partial charge on any atom is 2.00 e. The van der Waals surface area contributed by atoms with Crippen molar-refractivity contribution in [2.24, 2.45) is 0 Å². The van der Waals surface area contributed by atoms with Gasteiger partial charge in [-0.1, -0.05) is 18.7 Å². The molecule has 0 amide bonds. The van der Waals surface area contributed by atoms with Crippen LogP contribution in [0.1, 0.15) is 0 Å². The van der Waals surface area contributed by atoms with Gasteiger partial charge in [0.15, 0.2) is 0 Å². The molecule has 0 saturated carbocycles. The minimum atomic E-state index is 0. The summed E-state index contributed by atoms with van der Waals surface area (Å²) in [5.41, 5.74) is 0. The molecule has 8 nitrogen and oxygen atoms in total. The predicted molar refractivity (Wildman–Crippen MR) is 75.6 cm³/mol. The standard InChI is InChI=1S/2C3H4N2.2C3H3N2.Ba/c4*1-2-5-3-4-1;/h2*1-3H,(H,4,5);2*1-3H;/q;;2*-1;+2/p+2. The molecule has 4 N–H and O–H groups in total. The predicted octanol–water partition coefficient (Wildman–Crippen LogP) is -0.646. The normalized spacial score (nSPS) is 7.62. The number of aromatic amines is 4. The van der Waals surface area contributed by atoms with Crippen molar-refractivity contribution in [3.05, 3.63) is 74.9 Å². The molecule has 21 heavy (non-hydrogen) atoms. The summed E-state index contributed by atoms with van der Waals surface area (Å²) in [5.74, 6) is 0. The first-order valence-corrected chi connectivity index (χ1v) is 5.71. The smallest absolute Gasteiger partial charge is 0.450 e. The Kier molecular flexibility index (Phi) is 15.2. The van der Waals surface area contributed by atoms with Gasteiger partial charge < -0.3 is 19.9 Å². The van der Waals surface area contributed by atoms with E-state index < -0.39 is 0 Å². The molecule has 4 aromatic heterocycles. The van der Waals surface area contributed by atoms with Crippen LogP contribution in [0.3, 0.4) is 0 Å². The summed E-state index contributed by atoms with van der Waals surface area (Å²) in [5, 5.41) is 0. The Morgan fingerprint density at radius 2 is 1.81 bits per heavy atom. The minimum Gasteiger partial charge on any atom is -0.450 e. The van der Waals surface area contributed by atoms with Crippen LogP contribution < -0.4 is 19.9 Å². The van der Waals surface area contributed by atoms with Crippen molar-refractivity contribution in [2.45, 2.75) is 0 Å². The number of nitrogens with zero attached hydrogens (tertiary/aromatic N) is 4. The number of rotatable bonds is 0. The molecule has 4 heterocycles. The molecule has 0 aliphatic carbocycles. The van der Waals surface area contributed by atoms with Gasteiger partial charge in [0.25, 0.3) is 0 Å². The second-order valence-corrected chi connectivity index (χ2v) is 3.04. The fourth-order valence-electron chi connectivity index (χ4n) is 0.863. The van der Waals surface area contributed by atoms with Gasteiger partial charge in [0, 0.05) is 24.8 Å². The van der Waals surface area contributed by atoms with Gasteiger partial charge in [-0.3, -0.25) is 9.97 Å². The van der Waals surface area contributed by atoms with Crippen LogP contribution in [0.2, 0.25) is 0 Å². The molecule has 0 spiro atoms. The van der Waals surface area contributed by atoms with Crippen LogP contribution in [-0.2, 0) is 0 Å². The van der Waals surface area contributed by atoms with Crippen molar-refractivity contribution < 1.29 is 9.97 Å². The molecule has 0 saturated heterocycles. The first-order chi connectivity index (χ1) is 10.0. The van der Waals surface area contributed by atoms with Gasteiger partial charge in [-0.15, -0.1) is 0 Å². The van der Waals surface area contributed by atoms with Crippen LogP contribution in [0.4, 0.5) is 0 Å². The number of hydrogen-bond acceptors (Lipinski definition) is 2. The molecule has 4 aromatic rings. The third-order valence-corrected chi connectivity index (χ3v) is 1.63. The molecule has 4 rings (SSSR count). The van der Waals surface area contributed by atoms with E-state index in [1.807, 2.05) is 12.4 Å². The molecule has 0 unspecified atom stereocenters. The van der Waals surface area contributed by atoms with E-state index in [1.54, 1.807) is 56.2 Å². The maximum atomic E-state index is 3.67. The summed E-state index contributed by atoms with van der Waals surface area (Å²) in [7, 11) is 0. The van der Waals surface area contributed by atoms with Gasteiger partial charge in [0.05, 0.1) is 12.7 Å². The van der Waals surface area contributed by atoms with E-state index in [-0.39, 0.29) is 48.9 Å². The van der Waals surface area contributed by atoms with Crippen molar-refractivity contribution in [3.63, 3.8) is 0 Å². The fraction of sp³-hybridized carbons (Fsp3) is 0. The van der Waals surface area contributed by atoms with Crippen molar-refractivity contribution >= 4 is 48.9 Å². The van der Waals surface area contributed by atoms with Crippen molar-refractivity contribution in [3.8, 4) is 0 Å². The van der Waals surface area contributed by atoms with E-state index >= 15 is 0 Å². The van der Waals surface area contributed by atoms with Gasteiger partial charge in [-0.05, 0) is 0 Å². The van der Waals surface area contributed by atoms with Crippen LogP contribution in [0.5, 0.6) is 0 Å². The summed E-state index contributed by atoms with van der Waals surface area (Å²) in [6, 6.07) is 0. The van der Waals surface area contributed by atoms with E-state index in [0.717, 1.165) is 0 Å². The number of nitrogens with one attached hydrogen (secondary N) is 4. The Balaban J connectivity index is 0.000000250. The molecule has 104 valence electrons. The van der Waals surface area contributed by atoms with E-state index in [1.165, 1.54) is 6.33 Å². The van der Waals surface area contributed by atoms with E-state index in [2.05, 4.69) is 39.9 Å². The zero-order valence-electron chi connectivity index (χ0n) is 11.4. The van der Waals surface area contributed by atoms with E-state index in [9.17, 15) is 0 Å². The second kappa shape index (κ2) is 16.5. The van der Waals surface area contributed by atoms with Gasteiger partial charge in [0.1, 0.15) is 12.4 Å². The number of H-pyrrole nitrogens is 4. The van der Waals surface area contributed by atoms with Gasteiger partial charge in [0.2, 0.25) is 6.33 Å². The Morgan fingerprint density at radius 1 is 0.857 bits per heavy atom. The van der Waals surface area contributed by atoms with Crippen LogP contribution in [0.15, 0.2) is 74.9 Å². The maximum absolute atomic E-state index is 3.67. The Hall–Kier alpha value is -1.59. The van der Waals surface area contributed by atoms with Crippen molar-refractivity contribution in [2.75, 3.05) is 0 Å². The first kappa shape index (κ1) is 19.4. The van der Waals surface area contributed by atoms with Crippen LogP contribution in [-0.4, -0.2) is 68.8 Å². The largest absolute Gasteiger partial charge is 2.00 e. The summed E-state index contributed by atoms with van der Waals surface area (Å²) in [6.45, 7) is 0. The molecule has 0 radical (unpaired) electrons. The number of imidazole rings is 4. The van der Waals surface area contributed by atoms with Gasteiger partial charge in [-0.2, -0.15) is 0 Å². The fourth-order valence-corrected chi connectivity index (χ4v) is 0.863. The summed E-state index contributed by atoms with van der Waals surface area (Å²) in [4.78, 5) is 25.7. The molecule has 0 aromatic carbocycles. The molecular formula is C12H16BaN8+2. The van der Waals surface area contributed by atoms with Gasteiger partial charge in [-0.25, -0.2) is 9.97 Å². The third-order valence-electron chi connectivity index (χ3n) is 1.63. The average molecular weight is 410 g/mol. The number of aromatic nitrogens is 8. The van der Waals surface area contributed by atoms with Crippen molar-refractivity contribution in [1.82, 2.24) is 29.9 Å². The quantitative estimate of drug-likeness (QED) is 0.376. The Labute approximate surface area is 162 Å². The topological polar surface area (TPSA) is 114 Å². The molecular weight excluding hydrogens is 394 g/mol. The first-order valence-electron chi connectivity index (χ1n) is 5.71. The zero-order valence-corrected chi connectivity index (χ0v) is 15.9. The average Bonchev–Trinajstić information content (AvgIpc) is 3.40. The molecule has 0 aliphatic heterocycles. The van der Waals surface area contributed by atoms with Crippen molar-refractivity contribution in [1.29, 1.82) is 0 Å². The minimum absolute atomic E-state index is 0. The van der Waals surface area contributed by atoms with Gasteiger partial charge >= 0.3 is 48.9 Å². The Bertz CT molecular complexity index is 356. The summed E-state index contributed by atoms with van der Waals surface area (Å²) < 4.78 is 0. The van der Waals surface area contributed by atoms with Crippen LogP contribution >= 0.6 is 0 Å². The summed E-state index contributed by atoms with van der Waals surface area (Å²) >= 11 is 0. The summed E-state index contributed by atoms with van der Waals surface area (Å²) in [6.07, 6.45) is 20.3. The number of hydrogen-bond donors (Lipinski definition) is 2. The monoisotopic (exact) mass is 410 g/mol. The molecule has 0 aliphatic rings.